The lowest BCUT2D eigenvalue weighted by Gasteiger charge is -2.43. The Hall–Kier alpha value is -6.47. The summed E-state index contributed by atoms with van der Waals surface area (Å²) in [5.41, 5.74) is 7.27. The number of aliphatic imine (C=N–C) groups is 2. The third-order valence-electron chi connectivity index (χ3n) is 12.6. The minimum Gasteiger partial charge on any atom is -0.493 e. The van der Waals surface area contributed by atoms with E-state index < -0.39 is 11.1 Å². The maximum absolute atomic E-state index is 6.82. The molecule has 3 aliphatic carbocycles. The zero-order valence-electron chi connectivity index (χ0n) is 34.0. The smallest absolute Gasteiger partial charge is 0.164 e. The van der Waals surface area contributed by atoms with Gasteiger partial charge in [-0.25, -0.2) is 24.9 Å². The quantitative estimate of drug-likeness (QED) is 0.167. The summed E-state index contributed by atoms with van der Waals surface area (Å²) in [6.45, 7) is 9.03. The van der Waals surface area contributed by atoms with Crippen LogP contribution in [0.4, 0.5) is 0 Å². The molecule has 7 nitrogen and oxygen atoms in total. The van der Waals surface area contributed by atoms with E-state index in [-0.39, 0.29) is 17.9 Å². The predicted molar refractivity (Wildman–Crippen MR) is 237 cm³/mol. The summed E-state index contributed by atoms with van der Waals surface area (Å²) in [6.07, 6.45) is 15.1. The highest BCUT2D eigenvalue weighted by Crippen LogP contribution is 2.53. The highest BCUT2D eigenvalue weighted by molar-refractivity contribution is 6.10. The first-order valence-electron chi connectivity index (χ1n) is 20.9. The Morgan fingerprint density at radius 3 is 1.95 bits per heavy atom. The molecule has 0 radical (unpaired) electrons. The van der Waals surface area contributed by atoms with E-state index in [1.807, 2.05) is 60.7 Å². The largest absolute Gasteiger partial charge is 0.493 e. The van der Waals surface area contributed by atoms with Crippen molar-refractivity contribution in [3.8, 4) is 22.8 Å². The second kappa shape index (κ2) is 14.7. The Morgan fingerprint density at radius 1 is 0.712 bits per heavy atom. The molecule has 1 N–H and O–H groups in total. The first-order chi connectivity index (χ1) is 28.7. The summed E-state index contributed by atoms with van der Waals surface area (Å²) in [7, 11) is 0. The number of nitrogens with one attached hydrogen (secondary N) is 1. The molecule has 0 amide bonds. The molecule has 3 heterocycles. The standard InChI is InChI=1S/C52H48N6O/c1-33-29-30-39(44-40-27-17-18-28-43(40)59-45(33)44)37-31-41(49-54-46(34-19-9-5-10-20-34)53-47(55-49)35-21-11-6-12-22-35)51(2,3)42(32-37)50-56-48(36-23-13-7-14-24-36)57-52(4,58-50)38-25-15-8-16-26-38/h5-17,19-27,30-33,40,42-43H,18,28-29H2,1-4H3,(H,56,57,58). The molecule has 10 rings (SSSR count). The molecular formula is C52H48N6O. The fourth-order valence-corrected chi connectivity index (χ4v) is 9.33. The van der Waals surface area contributed by atoms with Crippen molar-refractivity contribution in [2.75, 3.05) is 0 Å². The van der Waals surface area contributed by atoms with Crippen molar-refractivity contribution in [3.63, 3.8) is 0 Å². The highest BCUT2D eigenvalue weighted by atomic mass is 16.5. The average molecular weight is 773 g/mol. The summed E-state index contributed by atoms with van der Waals surface area (Å²) in [4.78, 5) is 26.5. The summed E-state index contributed by atoms with van der Waals surface area (Å²) in [5, 5.41) is 3.91. The van der Waals surface area contributed by atoms with E-state index in [1.165, 1.54) is 11.1 Å². The van der Waals surface area contributed by atoms with E-state index >= 15 is 0 Å². The molecular weight excluding hydrogens is 725 g/mol. The van der Waals surface area contributed by atoms with Gasteiger partial charge in [-0.05, 0) is 49.0 Å². The predicted octanol–water partition coefficient (Wildman–Crippen LogP) is 11.1. The van der Waals surface area contributed by atoms with E-state index in [4.69, 9.17) is 29.7 Å². The van der Waals surface area contributed by atoms with Gasteiger partial charge in [0.1, 0.15) is 17.7 Å². The Bertz CT molecular complexity index is 2580. The van der Waals surface area contributed by atoms with E-state index in [2.05, 4.69) is 124 Å². The molecule has 0 spiro atoms. The molecule has 59 heavy (non-hydrogen) atoms. The first kappa shape index (κ1) is 36.8. The van der Waals surface area contributed by atoms with Crippen molar-refractivity contribution in [2.24, 2.45) is 33.2 Å². The number of fused-ring (bicyclic) bond motifs is 2. The lowest BCUT2D eigenvalue weighted by atomic mass is 9.65. The number of ether oxygens (including phenoxy) is 1. The molecule has 5 atom stereocenters. The number of allylic oxidation sites excluding steroid dienone is 7. The van der Waals surface area contributed by atoms with Crippen molar-refractivity contribution >= 4 is 17.2 Å². The lowest BCUT2D eigenvalue weighted by molar-refractivity contribution is 0.0967. The Balaban J connectivity index is 1.19. The van der Waals surface area contributed by atoms with Crippen LogP contribution >= 0.6 is 0 Å². The maximum atomic E-state index is 6.82. The van der Waals surface area contributed by atoms with Crippen molar-refractivity contribution in [1.29, 1.82) is 0 Å². The summed E-state index contributed by atoms with van der Waals surface area (Å²) in [5.74, 6) is 4.91. The molecule has 4 aromatic carbocycles. The van der Waals surface area contributed by atoms with Gasteiger partial charge in [-0.2, -0.15) is 0 Å². The van der Waals surface area contributed by atoms with Gasteiger partial charge in [0.2, 0.25) is 0 Å². The second-order valence-corrected chi connectivity index (χ2v) is 17.0. The Kier molecular flexibility index (Phi) is 9.19. The van der Waals surface area contributed by atoms with Crippen LogP contribution in [-0.4, -0.2) is 32.7 Å². The van der Waals surface area contributed by atoms with Crippen LogP contribution in [0.2, 0.25) is 0 Å². The number of nitrogens with zero attached hydrogens (tertiary/aromatic N) is 5. The average Bonchev–Trinajstić information content (AvgIpc) is 3.68. The number of aromatic nitrogens is 3. The Labute approximate surface area is 346 Å². The Morgan fingerprint density at radius 2 is 1.31 bits per heavy atom. The topological polar surface area (TPSA) is 84.7 Å². The molecule has 0 saturated carbocycles. The van der Waals surface area contributed by atoms with Gasteiger partial charge in [0.25, 0.3) is 0 Å². The van der Waals surface area contributed by atoms with Gasteiger partial charge >= 0.3 is 0 Å². The molecule has 2 aliphatic heterocycles. The minimum absolute atomic E-state index is 0.167. The monoisotopic (exact) mass is 772 g/mol. The third kappa shape index (κ3) is 6.68. The molecule has 5 aliphatic rings. The van der Waals surface area contributed by atoms with Crippen molar-refractivity contribution in [2.45, 2.75) is 58.7 Å². The number of benzene rings is 4. The van der Waals surface area contributed by atoms with Crippen LogP contribution in [0.1, 0.15) is 63.9 Å². The van der Waals surface area contributed by atoms with Crippen LogP contribution < -0.4 is 5.32 Å². The van der Waals surface area contributed by atoms with Crippen LogP contribution in [-0.2, 0) is 10.4 Å². The molecule has 0 saturated heterocycles. The molecule has 5 unspecified atom stereocenters. The van der Waals surface area contributed by atoms with Gasteiger partial charge in [-0.1, -0.05) is 166 Å². The van der Waals surface area contributed by atoms with Crippen molar-refractivity contribution in [3.05, 3.63) is 191 Å². The normalized spacial score (nSPS) is 25.6. The van der Waals surface area contributed by atoms with Gasteiger partial charge in [-0.3, -0.25) is 0 Å². The number of hydrogen-bond acceptors (Lipinski definition) is 7. The minimum atomic E-state index is -0.780. The third-order valence-corrected chi connectivity index (χ3v) is 12.6. The summed E-state index contributed by atoms with van der Waals surface area (Å²) >= 11 is 0. The molecule has 1 aromatic heterocycles. The van der Waals surface area contributed by atoms with Crippen LogP contribution in [0, 0.1) is 23.2 Å². The number of rotatable bonds is 7. The zero-order valence-corrected chi connectivity index (χ0v) is 34.0. The first-order valence-corrected chi connectivity index (χ1v) is 20.9. The van der Waals surface area contributed by atoms with Gasteiger partial charge in [0.15, 0.2) is 29.0 Å². The van der Waals surface area contributed by atoms with E-state index in [1.54, 1.807) is 0 Å². The van der Waals surface area contributed by atoms with Crippen molar-refractivity contribution in [1.82, 2.24) is 20.3 Å². The van der Waals surface area contributed by atoms with Crippen LogP contribution in [0.15, 0.2) is 184 Å². The van der Waals surface area contributed by atoms with E-state index in [9.17, 15) is 0 Å². The maximum Gasteiger partial charge on any atom is 0.164 e. The fraction of sp³-hybridized carbons (Fsp3) is 0.250. The van der Waals surface area contributed by atoms with Crippen LogP contribution in [0.3, 0.4) is 0 Å². The summed E-state index contributed by atoms with van der Waals surface area (Å²) in [6, 6.07) is 41.2. The molecule has 0 fully saturated rings. The van der Waals surface area contributed by atoms with Gasteiger partial charge in [0, 0.05) is 51.0 Å². The molecule has 0 bridgehead atoms. The fourth-order valence-electron chi connectivity index (χ4n) is 9.33. The zero-order chi connectivity index (χ0) is 40.1. The lowest BCUT2D eigenvalue weighted by Crippen LogP contribution is -2.51. The number of amidine groups is 2. The van der Waals surface area contributed by atoms with Gasteiger partial charge in [-0.15, -0.1) is 0 Å². The van der Waals surface area contributed by atoms with Gasteiger partial charge in [0.05, 0.1) is 0 Å². The molecule has 5 aromatic rings. The second-order valence-electron chi connectivity index (χ2n) is 17.0. The SMILES string of the molecule is CC1CC=C(C2=CC(C3=NC(c4ccccc4)=NC(C)(c4ccccc4)N3)C(C)(C)C(c3nc(-c4ccccc4)nc(-c4ccccc4)n3)=C2)C2=C1OC1CCC=CC21. The van der Waals surface area contributed by atoms with E-state index in [0.29, 0.717) is 29.2 Å². The number of hydrogen-bond donors (Lipinski definition) is 1. The summed E-state index contributed by atoms with van der Waals surface area (Å²) < 4.78 is 6.82. The molecule has 292 valence electrons. The highest BCUT2D eigenvalue weighted by Gasteiger charge is 2.46. The van der Waals surface area contributed by atoms with Crippen molar-refractivity contribution < 1.29 is 4.74 Å². The van der Waals surface area contributed by atoms with Crippen LogP contribution in [0.5, 0.6) is 0 Å². The molecule has 7 heteroatoms. The van der Waals surface area contributed by atoms with Crippen LogP contribution in [0.25, 0.3) is 28.3 Å². The van der Waals surface area contributed by atoms with Gasteiger partial charge < -0.3 is 10.1 Å². The van der Waals surface area contributed by atoms with E-state index in [0.717, 1.165) is 64.3 Å².